The first-order valence-corrected chi connectivity index (χ1v) is 7.00. The standard InChI is InChI=1S/C14H13N3O2S/c1-2-19-14(18)12-7-17-13(20-12)8-3-4-11-9(5-8)10(15)6-16-11/h3-7,16H,2,15H2,1H3. The highest BCUT2D eigenvalue weighted by atomic mass is 32.1. The number of thiazole rings is 1. The number of nitrogens with two attached hydrogens (primary N) is 1. The van der Waals surface area contributed by atoms with Crippen LogP contribution in [-0.4, -0.2) is 22.5 Å². The average molecular weight is 287 g/mol. The molecule has 0 atom stereocenters. The number of anilines is 1. The molecule has 102 valence electrons. The smallest absolute Gasteiger partial charge is 0.349 e. The maximum atomic E-state index is 11.6. The van der Waals surface area contributed by atoms with Crippen molar-refractivity contribution in [1.82, 2.24) is 9.97 Å². The molecule has 3 aromatic rings. The van der Waals surface area contributed by atoms with Crippen LogP contribution in [0, 0.1) is 0 Å². The minimum atomic E-state index is -0.335. The highest BCUT2D eigenvalue weighted by Gasteiger charge is 2.13. The van der Waals surface area contributed by atoms with E-state index in [-0.39, 0.29) is 5.97 Å². The van der Waals surface area contributed by atoms with Gasteiger partial charge in [-0.3, -0.25) is 0 Å². The molecule has 2 heterocycles. The third-order valence-electron chi connectivity index (χ3n) is 2.94. The lowest BCUT2D eigenvalue weighted by Crippen LogP contribution is -2.01. The predicted molar refractivity (Wildman–Crippen MR) is 79.8 cm³/mol. The maximum Gasteiger partial charge on any atom is 0.349 e. The number of H-pyrrole nitrogens is 1. The van der Waals surface area contributed by atoms with Crippen molar-refractivity contribution < 1.29 is 9.53 Å². The van der Waals surface area contributed by atoms with Gasteiger partial charge in [-0.05, 0) is 25.1 Å². The van der Waals surface area contributed by atoms with Crippen molar-refractivity contribution in [3.63, 3.8) is 0 Å². The van der Waals surface area contributed by atoms with Gasteiger partial charge in [0.25, 0.3) is 0 Å². The van der Waals surface area contributed by atoms with E-state index in [1.54, 1.807) is 19.3 Å². The van der Waals surface area contributed by atoms with Gasteiger partial charge in [0, 0.05) is 22.7 Å². The summed E-state index contributed by atoms with van der Waals surface area (Å²) in [6, 6.07) is 5.87. The fraction of sp³-hybridized carbons (Fsp3) is 0.143. The monoisotopic (exact) mass is 287 g/mol. The number of hydrogen-bond donors (Lipinski definition) is 2. The van der Waals surface area contributed by atoms with E-state index in [1.807, 2.05) is 18.2 Å². The first-order chi connectivity index (χ1) is 9.69. The summed E-state index contributed by atoms with van der Waals surface area (Å²) < 4.78 is 4.96. The fourth-order valence-corrected chi connectivity index (χ4v) is 2.79. The van der Waals surface area contributed by atoms with Crippen LogP contribution in [0.2, 0.25) is 0 Å². The number of ether oxygens (including phenoxy) is 1. The first-order valence-electron chi connectivity index (χ1n) is 6.19. The summed E-state index contributed by atoms with van der Waals surface area (Å²) in [5.74, 6) is -0.335. The van der Waals surface area contributed by atoms with Gasteiger partial charge in [-0.1, -0.05) is 0 Å². The molecule has 1 aromatic carbocycles. The summed E-state index contributed by atoms with van der Waals surface area (Å²) in [7, 11) is 0. The number of nitrogens with zero attached hydrogens (tertiary/aromatic N) is 1. The topological polar surface area (TPSA) is 81.0 Å². The predicted octanol–water partition coefficient (Wildman–Crippen LogP) is 3.05. The Morgan fingerprint density at radius 1 is 1.50 bits per heavy atom. The molecule has 0 saturated heterocycles. The van der Waals surface area contributed by atoms with Crippen LogP contribution in [-0.2, 0) is 4.74 Å². The van der Waals surface area contributed by atoms with E-state index in [4.69, 9.17) is 10.5 Å². The Balaban J connectivity index is 1.98. The lowest BCUT2D eigenvalue weighted by Gasteiger charge is -1.98. The molecule has 3 rings (SSSR count). The van der Waals surface area contributed by atoms with E-state index < -0.39 is 0 Å². The Bertz CT molecular complexity index is 776. The molecule has 0 saturated carbocycles. The van der Waals surface area contributed by atoms with Crippen molar-refractivity contribution in [2.75, 3.05) is 12.3 Å². The Morgan fingerprint density at radius 3 is 3.15 bits per heavy atom. The van der Waals surface area contributed by atoms with Gasteiger partial charge in [0.1, 0.15) is 9.88 Å². The number of benzene rings is 1. The van der Waals surface area contributed by atoms with Gasteiger partial charge < -0.3 is 15.5 Å². The maximum absolute atomic E-state index is 11.6. The van der Waals surface area contributed by atoms with Crippen LogP contribution in [0.4, 0.5) is 5.69 Å². The number of carbonyl (C=O) groups is 1. The number of carbonyl (C=O) groups excluding carboxylic acids is 1. The Kier molecular flexibility index (Phi) is 3.15. The lowest BCUT2D eigenvalue weighted by atomic mass is 10.1. The lowest BCUT2D eigenvalue weighted by molar-refractivity contribution is 0.0532. The Hall–Kier alpha value is -2.34. The van der Waals surface area contributed by atoms with Crippen LogP contribution in [0.3, 0.4) is 0 Å². The van der Waals surface area contributed by atoms with E-state index in [1.165, 1.54) is 11.3 Å². The molecular weight excluding hydrogens is 274 g/mol. The average Bonchev–Trinajstić information content (AvgIpc) is 3.06. The third kappa shape index (κ3) is 2.14. The minimum absolute atomic E-state index is 0.335. The molecule has 0 radical (unpaired) electrons. The van der Waals surface area contributed by atoms with Gasteiger partial charge in [0.2, 0.25) is 0 Å². The number of fused-ring (bicyclic) bond motifs is 1. The highest BCUT2D eigenvalue weighted by molar-refractivity contribution is 7.16. The fourth-order valence-electron chi connectivity index (χ4n) is 1.98. The Labute approximate surface area is 119 Å². The summed E-state index contributed by atoms with van der Waals surface area (Å²) in [6.45, 7) is 2.14. The number of nitrogens with one attached hydrogen (secondary N) is 1. The van der Waals surface area contributed by atoms with Crippen molar-refractivity contribution >= 4 is 33.9 Å². The number of aromatic nitrogens is 2. The SMILES string of the molecule is CCOC(=O)c1cnc(-c2ccc3[nH]cc(N)c3c2)s1. The molecule has 20 heavy (non-hydrogen) atoms. The van der Waals surface area contributed by atoms with Gasteiger partial charge >= 0.3 is 5.97 Å². The molecule has 2 aromatic heterocycles. The summed E-state index contributed by atoms with van der Waals surface area (Å²) in [5.41, 5.74) is 8.51. The largest absolute Gasteiger partial charge is 0.462 e. The van der Waals surface area contributed by atoms with Gasteiger partial charge in [0.15, 0.2) is 0 Å². The van der Waals surface area contributed by atoms with Crippen LogP contribution in [0.1, 0.15) is 16.6 Å². The molecule has 0 amide bonds. The zero-order valence-corrected chi connectivity index (χ0v) is 11.7. The van der Waals surface area contributed by atoms with Crippen molar-refractivity contribution in [3.8, 4) is 10.6 Å². The second-order valence-electron chi connectivity index (χ2n) is 4.25. The van der Waals surface area contributed by atoms with E-state index in [9.17, 15) is 4.79 Å². The van der Waals surface area contributed by atoms with Gasteiger partial charge in [-0.2, -0.15) is 0 Å². The number of aromatic amines is 1. The van der Waals surface area contributed by atoms with Crippen LogP contribution in [0.25, 0.3) is 21.5 Å². The molecule has 0 spiro atoms. The van der Waals surface area contributed by atoms with Crippen LogP contribution in [0.15, 0.2) is 30.6 Å². The molecule has 5 nitrogen and oxygen atoms in total. The summed E-state index contributed by atoms with van der Waals surface area (Å²) >= 11 is 1.31. The van der Waals surface area contributed by atoms with Crippen molar-refractivity contribution in [2.45, 2.75) is 6.92 Å². The molecule has 0 aliphatic carbocycles. The molecule has 3 N–H and O–H groups in total. The quantitative estimate of drug-likeness (QED) is 0.725. The van der Waals surface area contributed by atoms with E-state index in [0.717, 1.165) is 21.5 Å². The Morgan fingerprint density at radius 2 is 2.35 bits per heavy atom. The van der Waals surface area contributed by atoms with Gasteiger partial charge in [-0.25, -0.2) is 9.78 Å². The van der Waals surface area contributed by atoms with Crippen LogP contribution < -0.4 is 5.73 Å². The van der Waals surface area contributed by atoms with E-state index in [0.29, 0.717) is 17.2 Å². The van der Waals surface area contributed by atoms with Crippen molar-refractivity contribution in [3.05, 3.63) is 35.5 Å². The van der Waals surface area contributed by atoms with E-state index in [2.05, 4.69) is 9.97 Å². The third-order valence-corrected chi connectivity index (χ3v) is 3.97. The zero-order valence-electron chi connectivity index (χ0n) is 10.8. The van der Waals surface area contributed by atoms with Gasteiger partial charge in [-0.15, -0.1) is 11.3 Å². The number of nitrogen functional groups attached to an aromatic ring is 1. The second-order valence-corrected chi connectivity index (χ2v) is 5.29. The normalized spacial score (nSPS) is 10.8. The molecule has 0 aliphatic rings. The minimum Gasteiger partial charge on any atom is -0.462 e. The highest BCUT2D eigenvalue weighted by Crippen LogP contribution is 2.30. The zero-order chi connectivity index (χ0) is 14.1. The molecule has 0 bridgehead atoms. The van der Waals surface area contributed by atoms with E-state index >= 15 is 0 Å². The second kappa shape index (κ2) is 4.97. The molecular formula is C14H13N3O2S. The summed E-state index contributed by atoms with van der Waals surface area (Å²) in [6.07, 6.45) is 3.31. The molecule has 0 fully saturated rings. The van der Waals surface area contributed by atoms with Crippen LogP contribution in [0.5, 0.6) is 0 Å². The molecule has 0 unspecified atom stereocenters. The van der Waals surface area contributed by atoms with Crippen molar-refractivity contribution in [1.29, 1.82) is 0 Å². The van der Waals surface area contributed by atoms with Gasteiger partial charge in [0.05, 0.1) is 18.5 Å². The van der Waals surface area contributed by atoms with Crippen LogP contribution >= 0.6 is 11.3 Å². The van der Waals surface area contributed by atoms with Crippen molar-refractivity contribution in [2.24, 2.45) is 0 Å². The number of esters is 1. The summed E-state index contributed by atoms with van der Waals surface area (Å²) in [4.78, 5) is 19.5. The number of hydrogen-bond acceptors (Lipinski definition) is 5. The molecule has 6 heteroatoms. The molecule has 0 aliphatic heterocycles. The number of rotatable bonds is 3. The first kappa shape index (κ1) is 12.7. The summed E-state index contributed by atoms with van der Waals surface area (Å²) in [5, 5.41) is 1.73.